The van der Waals surface area contributed by atoms with Crippen molar-refractivity contribution in [3.63, 3.8) is 0 Å². The van der Waals surface area contributed by atoms with Crippen LogP contribution in [0.1, 0.15) is 13.3 Å². The van der Waals surface area contributed by atoms with E-state index >= 15 is 0 Å². The lowest BCUT2D eigenvalue weighted by atomic mass is 9.92. The zero-order valence-corrected chi connectivity index (χ0v) is 13.1. The van der Waals surface area contributed by atoms with Gasteiger partial charge in [0.2, 0.25) is 0 Å². The van der Waals surface area contributed by atoms with E-state index in [4.69, 9.17) is 0 Å². The standard InChI is InChI=1S/C16H20SSi/c1-4-14-16(12-8-5-6-9-12)13-10-7-11-15(13)17(14)18(2)3/h5-12,14H,4H2,1-3H3. The summed E-state index contributed by atoms with van der Waals surface area (Å²) >= 11 is 0. The molecule has 2 heteroatoms. The third kappa shape index (κ3) is 1.74. The maximum atomic E-state index is 2.48. The number of hydrogen-bond donors (Lipinski definition) is 0. The summed E-state index contributed by atoms with van der Waals surface area (Å²) in [6.07, 6.45) is 17.4. The van der Waals surface area contributed by atoms with Crippen molar-refractivity contribution in [1.29, 1.82) is 0 Å². The van der Waals surface area contributed by atoms with Gasteiger partial charge in [-0.1, -0.05) is 56.5 Å². The van der Waals surface area contributed by atoms with E-state index in [0.717, 1.165) is 5.25 Å². The van der Waals surface area contributed by atoms with Crippen molar-refractivity contribution in [3.05, 3.63) is 58.6 Å². The maximum Gasteiger partial charge on any atom is 0.0425 e. The van der Waals surface area contributed by atoms with Gasteiger partial charge in [0.25, 0.3) is 0 Å². The van der Waals surface area contributed by atoms with Gasteiger partial charge in [0.15, 0.2) is 0 Å². The molecule has 94 valence electrons. The Morgan fingerprint density at radius 2 is 1.89 bits per heavy atom. The van der Waals surface area contributed by atoms with Crippen molar-refractivity contribution >= 4 is 17.4 Å². The summed E-state index contributed by atoms with van der Waals surface area (Å²) in [7, 11) is 0.253. The van der Waals surface area contributed by atoms with Crippen LogP contribution in [0.4, 0.5) is 0 Å². The average Bonchev–Trinajstić information content (AvgIpc) is 3.03. The molecule has 0 N–H and O–H groups in total. The number of fused-ring (bicyclic) bond motifs is 1. The van der Waals surface area contributed by atoms with Crippen LogP contribution in [0.25, 0.3) is 0 Å². The molecule has 0 aromatic carbocycles. The molecular weight excluding hydrogens is 252 g/mol. The minimum Gasteiger partial charge on any atom is -0.174 e. The highest BCUT2D eigenvalue weighted by Gasteiger charge is 2.35. The molecule has 0 amide bonds. The molecule has 0 nitrogen and oxygen atoms in total. The molecule has 0 bridgehead atoms. The summed E-state index contributed by atoms with van der Waals surface area (Å²) in [5.74, 6) is 0.565. The summed E-state index contributed by atoms with van der Waals surface area (Å²) in [6, 6.07) is 0. The summed E-state index contributed by atoms with van der Waals surface area (Å²) in [5, 5.41) is 0.803. The quantitative estimate of drug-likeness (QED) is 0.634. The third-order valence-corrected chi connectivity index (χ3v) is 10.9. The number of allylic oxidation sites excluding steroid dienone is 8. The Labute approximate surface area is 114 Å². The predicted molar refractivity (Wildman–Crippen MR) is 85.2 cm³/mol. The highest BCUT2D eigenvalue weighted by molar-refractivity contribution is 8.25. The van der Waals surface area contributed by atoms with Crippen LogP contribution in [-0.2, 0) is 0 Å². The Hall–Kier alpha value is -0.733. The topological polar surface area (TPSA) is 0 Å². The van der Waals surface area contributed by atoms with Gasteiger partial charge in [0.05, 0.1) is 0 Å². The van der Waals surface area contributed by atoms with E-state index in [1.54, 1.807) is 16.1 Å². The lowest BCUT2D eigenvalue weighted by molar-refractivity contribution is 0.833. The maximum absolute atomic E-state index is 2.48. The van der Waals surface area contributed by atoms with E-state index in [1.807, 2.05) is 0 Å². The molecule has 1 aliphatic heterocycles. The Morgan fingerprint density at radius 1 is 1.17 bits per heavy atom. The highest BCUT2D eigenvalue weighted by Crippen LogP contribution is 2.54. The summed E-state index contributed by atoms with van der Waals surface area (Å²) in [4.78, 5) is 1.67. The molecule has 0 radical (unpaired) electrons. The van der Waals surface area contributed by atoms with E-state index in [2.05, 4.69) is 62.5 Å². The van der Waals surface area contributed by atoms with E-state index in [9.17, 15) is 0 Å². The van der Waals surface area contributed by atoms with Gasteiger partial charge in [-0.15, -0.1) is 0 Å². The molecule has 3 rings (SSSR count). The molecule has 0 aromatic heterocycles. The van der Waals surface area contributed by atoms with Crippen LogP contribution in [0.15, 0.2) is 58.6 Å². The fraction of sp³-hybridized carbons (Fsp3) is 0.375. The zero-order valence-electron chi connectivity index (χ0n) is 11.3. The average molecular weight is 272 g/mol. The minimum absolute atomic E-state index is 0.257. The first kappa shape index (κ1) is 12.3. The van der Waals surface area contributed by atoms with E-state index < -0.39 is 0 Å². The largest absolute Gasteiger partial charge is 0.174 e. The van der Waals surface area contributed by atoms with Crippen LogP contribution < -0.4 is 0 Å². The van der Waals surface area contributed by atoms with E-state index in [-0.39, 0.29) is 7.50 Å². The second-order valence-electron chi connectivity index (χ2n) is 5.20. The number of rotatable bonds is 2. The lowest BCUT2D eigenvalue weighted by Gasteiger charge is -2.21. The summed E-state index contributed by atoms with van der Waals surface area (Å²) in [6.45, 7) is 7.33. The molecule has 0 fully saturated rings. The molecule has 0 saturated carbocycles. The predicted octanol–water partition coefficient (Wildman–Crippen LogP) is 4.79. The van der Waals surface area contributed by atoms with Gasteiger partial charge in [0.1, 0.15) is 0 Å². The van der Waals surface area contributed by atoms with Gasteiger partial charge < -0.3 is 0 Å². The number of hydrogen-bond acceptors (Lipinski definition) is 0. The normalized spacial score (nSPS) is 29.4. The summed E-state index contributed by atoms with van der Waals surface area (Å²) < 4.78 is 0. The first-order chi connectivity index (χ1) is 8.74. The van der Waals surface area contributed by atoms with Crippen LogP contribution in [-0.4, -0.2) is 12.8 Å². The van der Waals surface area contributed by atoms with Crippen LogP contribution in [0.3, 0.4) is 0 Å². The van der Waals surface area contributed by atoms with Gasteiger partial charge in [-0.05, 0) is 23.6 Å². The van der Waals surface area contributed by atoms with Crippen LogP contribution >= 0.6 is 9.89 Å². The molecule has 0 saturated heterocycles. The van der Waals surface area contributed by atoms with Crippen LogP contribution in [0, 0.1) is 5.92 Å². The molecule has 2 unspecified atom stereocenters. The van der Waals surface area contributed by atoms with E-state index in [1.165, 1.54) is 6.42 Å². The molecule has 1 heterocycles. The monoisotopic (exact) mass is 272 g/mol. The minimum atomic E-state index is -0.257. The molecule has 18 heavy (non-hydrogen) atoms. The Bertz CT molecular complexity index is 554. The smallest absolute Gasteiger partial charge is 0.0425 e. The van der Waals surface area contributed by atoms with Crippen molar-refractivity contribution in [3.8, 4) is 0 Å². The molecular formula is C16H20SSi. The lowest BCUT2D eigenvalue weighted by Crippen LogP contribution is -2.11. The third-order valence-electron chi connectivity index (χ3n) is 3.87. The van der Waals surface area contributed by atoms with Crippen LogP contribution in [0.2, 0.25) is 13.1 Å². The van der Waals surface area contributed by atoms with Crippen molar-refractivity contribution < 1.29 is 0 Å². The second kappa shape index (κ2) is 4.75. The van der Waals surface area contributed by atoms with Gasteiger partial charge in [-0.25, -0.2) is 0 Å². The van der Waals surface area contributed by atoms with Gasteiger partial charge in [-0.2, -0.15) is 9.89 Å². The molecule has 0 aromatic rings. The van der Waals surface area contributed by atoms with Crippen molar-refractivity contribution in [2.75, 3.05) is 0 Å². The second-order valence-corrected chi connectivity index (χ2v) is 12.5. The summed E-state index contributed by atoms with van der Waals surface area (Å²) in [5.41, 5.74) is 3.29. The van der Waals surface area contributed by atoms with Gasteiger partial charge in [-0.3, -0.25) is 0 Å². The SMILES string of the molecule is CCC1C(C2C=CC=C2)=C2C=CC=C2S1=[Si](C)C. The molecule has 2 atom stereocenters. The first-order valence-corrected chi connectivity index (χ1v) is 11.3. The Kier molecular flexibility index (Phi) is 3.24. The fourth-order valence-corrected chi connectivity index (χ4v) is 10.5. The molecule has 2 aliphatic carbocycles. The van der Waals surface area contributed by atoms with Crippen molar-refractivity contribution in [2.24, 2.45) is 5.92 Å². The van der Waals surface area contributed by atoms with Gasteiger partial charge >= 0.3 is 0 Å². The highest BCUT2D eigenvalue weighted by atomic mass is 32.3. The molecule has 0 spiro atoms. The van der Waals surface area contributed by atoms with Gasteiger partial charge in [0, 0.05) is 23.6 Å². The Balaban J connectivity index is 2.16. The van der Waals surface area contributed by atoms with Crippen molar-refractivity contribution in [2.45, 2.75) is 31.7 Å². The van der Waals surface area contributed by atoms with Crippen molar-refractivity contribution in [1.82, 2.24) is 0 Å². The fourth-order valence-electron chi connectivity index (χ4n) is 3.21. The zero-order chi connectivity index (χ0) is 12.7. The van der Waals surface area contributed by atoms with E-state index in [0.29, 0.717) is 15.8 Å². The van der Waals surface area contributed by atoms with Crippen LogP contribution in [0.5, 0.6) is 0 Å². The Morgan fingerprint density at radius 3 is 2.50 bits per heavy atom. The first-order valence-electron chi connectivity index (χ1n) is 6.75. The molecule has 3 aliphatic rings.